The van der Waals surface area contributed by atoms with Crippen molar-refractivity contribution in [2.75, 3.05) is 44.6 Å². The smallest absolute Gasteiger partial charge is 0.416 e. The number of carbonyl (C=O) groups excluding carboxylic acids is 1. The fourth-order valence-corrected chi connectivity index (χ4v) is 5.18. The number of anilines is 1. The molecule has 3 aliphatic rings. The van der Waals surface area contributed by atoms with Crippen molar-refractivity contribution in [3.05, 3.63) is 52.1 Å². The molecule has 3 amide bonds. The maximum atomic E-state index is 13.9. The van der Waals surface area contributed by atoms with Crippen molar-refractivity contribution >= 4 is 17.9 Å². The van der Waals surface area contributed by atoms with Crippen LogP contribution in [0.2, 0.25) is 0 Å². The van der Waals surface area contributed by atoms with E-state index in [1.165, 1.54) is 24.4 Å². The van der Waals surface area contributed by atoms with E-state index < -0.39 is 29.6 Å². The number of benzene rings is 1. The molecule has 2 atom stereocenters. The van der Waals surface area contributed by atoms with Crippen molar-refractivity contribution in [3.8, 4) is 5.69 Å². The molecule has 1 aromatic heterocycles. The van der Waals surface area contributed by atoms with Crippen molar-refractivity contribution in [2.24, 2.45) is 11.8 Å². The van der Waals surface area contributed by atoms with E-state index in [0.717, 1.165) is 10.6 Å². The minimum Gasteiger partial charge on any atom is -0.465 e. The van der Waals surface area contributed by atoms with E-state index in [1.54, 1.807) is 4.90 Å². The number of hydrogen-bond donors (Lipinski definition) is 4. The SMILES string of the molecule is O=C(O)NC1C2CN(Cc3ccc(-n4ccc(NC(=O)N5CCNCC5)nc4=O)cc3C(F)(F)F)CC21. The molecular weight excluding hydrogens is 495 g/mol. The molecular formula is C23H26F3N7O4. The average Bonchev–Trinajstić information content (AvgIpc) is 3.27. The van der Waals surface area contributed by atoms with Gasteiger partial charge in [-0.1, -0.05) is 6.07 Å². The van der Waals surface area contributed by atoms with Crippen LogP contribution < -0.4 is 21.6 Å². The zero-order chi connectivity index (χ0) is 26.3. The van der Waals surface area contributed by atoms with Crippen LogP contribution >= 0.6 is 0 Å². The predicted molar refractivity (Wildman–Crippen MR) is 126 cm³/mol. The van der Waals surface area contributed by atoms with E-state index in [1.807, 2.05) is 4.90 Å². The Morgan fingerprint density at radius 3 is 2.46 bits per heavy atom. The van der Waals surface area contributed by atoms with Gasteiger partial charge in [0.25, 0.3) is 0 Å². The fraction of sp³-hybridized carbons (Fsp3) is 0.478. The predicted octanol–water partition coefficient (Wildman–Crippen LogP) is 1.39. The normalized spacial score (nSPS) is 23.4. The molecule has 1 aliphatic carbocycles. The molecule has 3 fully saturated rings. The summed E-state index contributed by atoms with van der Waals surface area (Å²) in [7, 11) is 0. The summed E-state index contributed by atoms with van der Waals surface area (Å²) in [6.45, 7) is 3.41. The Morgan fingerprint density at radius 1 is 1.14 bits per heavy atom. The van der Waals surface area contributed by atoms with Gasteiger partial charge in [-0.2, -0.15) is 18.2 Å². The third-order valence-corrected chi connectivity index (χ3v) is 7.07. The van der Waals surface area contributed by atoms with Gasteiger partial charge >= 0.3 is 24.0 Å². The standard InChI is InChI=1S/C23H26F3N7O4/c24-23(25,26)17-9-14(2-1-13(17)10-31-11-15-16(12-31)19(15)30-22(36)37)33-6-3-18(29-21(33)35)28-20(34)32-7-4-27-5-8-32/h1-3,6,9,15-16,19,27,30H,4-5,7-8,10-12H2,(H,36,37)(H,28,29,34,35). The number of urea groups is 1. The van der Waals surface area contributed by atoms with E-state index in [0.29, 0.717) is 39.3 Å². The molecule has 14 heteroatoms. The number of carboxylic acid groups (broad SMARTS) is 1. The van der Waals surface area contributed by atoms with Gasteiger partial charge in [-0.15, -0.1) is 0 Å². The van der Waals surface area contributed by atoms with Crippen LogP contribution in [0, 0.1) is 11.8 Å². The van der Waals surface area contributed by atoms with Gasteiger partial charge in [0.2, 0.25) is 0 Å². The summed E-state index contributed by atoms with van der Waals surface area (Å²) < 4.78 is 42.8. The van der Waals surface area contributed by atoms with Gasteiger partial charge in [-0.05, 0) is 35.6 Å². The highest BCUT2D eigenvalue weighted by atomic mass is 19.4. The number of halogens is 3. The first-order valence-corrected chi connectivity index (χ1v) is 11.9. The largest absolute Gasteiger partial charge is 0.465 e. The van der Waals surface area contributed by atoms with Crippen molar-refractivity contribution in [1.82, 2.24) is 30.0 Å². The number of nitrogens with zero attached hydrogens (tertiary/aromatic N) is 4. The maximum Gasteiger partial charge on any atom is 0.416 e. The van der Waals surface area contributed by atoms with Gasteiger partial charge in [0.05, 0.1) is 11.3 Å². The summed E-state index contributed by atoms with van der Waals surface area (Å²) in [6, 6.07) is 4.52. The van der Waals surface area contributed by atoms with Crippen LogP contribution in [0.5, 0.6) is 0 Å². The number of rotatable bonds is 5. The lowest BCUT2D eigenvalue weighted by atomic mass is 10.0. The molecule has 0 bridgehead atoms. The van der Waals surface area contributed by atoms with Crippen LogP contribution in [-0.4, -0.2) is 81.9 Å². The lowest BCUT2D eigenvalue weighted by Crippen LogP contribution is -2.48. The van der Waals surface area contributed by atoms with Crippen molar-refractivity contribution < 1.29 is 27.9 Å². The molecule has 37 heavy (non-hydrogen) atoms. The van der Waals surface area contributed by atoms with Crippen LogP contribution in [0.3, 0.4) is 0 Å². The molecule has 1 aromatic carbocycles. The Balaban J connectivity index is 1.30. The molecule has 1 saturated carbocycles. The molecule has 0 spiro atoms. The summed E-state index contributed by atoms with van der Waals surface area (Å²) in [5.74, 6) is 0.237. The topological polar surface area (TPSA) is 132 Å². The zero-order valence-corrected chi connectivity index (χ0v) is 19.7. The van der Waals surface area contributed by atoms with Crippen LogP contribution in [0.25, 0.3) is 5.69 Å². The number of carbonyl (C=O) groups is 2. The first-order valence-electron chi connectivity index (χ1n) is 11.9. The highest BCUT2D eigenvalue weighted by Crippen LogP contribution is 2.46. The summed E-state index contributed by atoms with van der Waals surface area (Å²) >= 11 is 0. The first kappa shape index (κ1) is 25.0. The van der Waals surface area contributed by atoms with E-state index in [4.69, 9.17) is 5.11 Å². The molecule has 0 radical (unpaired) electrons. The molecule has 3 heterocycles. The molecule has 198 valence electrons. The number of fused-ring (bicyclic) bond motifs is 1. The van der Waals surface area contributed by atoms with E-state index in [-0.39, 0.29) is 41.5 Å². The van der Waals surface area contributed by atoms with Gasteiger partial charge in [0.15, 0.2) is 0 Å². The third kappa shape index (κ3) is 5.39. The monoisotopic (exact) mass is 521 g/mol. The molecule has 11 nitrogen and oxygen atoms in total. The molecule has 5 rings (SSSR count). The van der Waals surface area contributed by atoms with Crippen LogP contribution in [0.15, 0.2) is 35.3 Å². The summed E-state index contributed by atoms with van der Waals surface area (Å²) in [5.41, 5.74) is -1.60. The number of aromatic nitrogens is 2. The lowest BCUT2D eigenvalue weighted by molar-refractivity contribution is -0.138. The Labute approximate surface area is 209 Å². The minimum atomic E-state index is -4.64. The second kappa shape index (κ2) is 9.67. The number of likely N-dealkylation sites (tertiary alicyclic amines) is 1. The van der Waals surface area contributed by atoms with Crippen molar-refractivity contribution in [2.45, 2.75) is 18.8 Å². The van der Waals surface area contributed by atoms with Crippen LogP contribution in [0.1, 0.15) is 11.1 Å². The number of hydrogen-bond acceptors (Lipinski definition) is 6. The number of alkyl halides is 3. The van der Waals surface area contributed by atoms with E-state index >= 15 is 0 Å². The molecule has 2 unspecified atom stereocenters. The first-order chi connectivity index (χ1) is 17.6. The second-order valence-corrected chi connectivity index (χ2v) is 9.47. The number of amides is 3. The molecule has 2 aromatic rings. The number of piperazine rings is 1. The number of nitrogens with one attached hydrogen (secondary N) is 3. The van der Waals surface area contributed by atoms with Gasteiger partial charge in [0.1, 0.15) is 5.82 Å². The Morgan fingerprint density at radius 2 is 1.84 bits per heavy atom. The Bertz CT molecular complexity index is 1250. The van der Waals surface area contributed by atoms with E-state index in [9.17, 15) is 27.6 Å². The molecule has 4 N–H and O–H groups in total. The van der Waals surface area contributed by atoms with Gasteiger partial charge in [-0.3, -0.25) is 14.8 Å². The Hall–Kier alpha value is -3.65. The van der Waals surface area contributed by atoms with Gasteiger partial charge in [0, 0.05) is 58.1 Å². The van der Waals surface area contributed by atoms with E-state index in [2.05, 4.69) is 20.9 Å². The molecule has 2 saturated heterocycles. The van der Waals surface area contributed by atoms with Crippen LogP contribution in [0.4, 0.5) is 28.6 Å². The second-order valence-electron chi connectivity index (χ2n) is 9.47. The Kier molecular flexibility index (Phi) is 6.54. The summed E-state index contributed by atoms with van der Waals surface area (Å²) in [5, 5.41) is 17.0. The minimum absolute atomic E-state index is 0.00329. The molecule has 2 aliphatic heterocycles. The number of piperidine rings is 1. The lowest BCUT2D eigenvalue weighted by Gasteiger charge is -2.27. The van der Waals surface area contributed by atoms with Gasteiger partial charge < -0.3 is 20.6 Å². The highest BCUT2D eigenvalue weighted by molar-refractivity contribution is 5.88. The zero-order valence-electron chi connectivity index (χ0n) is 19.7. The van der Waals surface area contributed by atoms with Crippen molar-refractivity contribution in [3.63, 3.8) is 0 Å². The summed E-state index contributed by atoms with van der Waals surface area (Å²) in [4.78, 5) is 43.0. The third-order valence-electron chi connectivity index (χ3n) is 7.07. The maximum absolute atomic E-state index is 13.9. The highest BCUT2D eigenvalue weighted by Gasteiger charge is 2.56. The van der Waals surface area contributed by atoms with Crippen LogP contribution in [-0.2, 0) is 12.7 Å². The quantitative estimate of drug-likeness (QED) is 0.468. The van der Waals surface area contributed by atoms with Crippen molar-refractivity contribution in [1.29, 1.82) is 0 Å². The fourth-order valence-electron chi connectivity index (χ4n) is 5.18. The van der Waals surface area contributed by atoms with Gasteiger partial charge in [-0.25, -0.2) is 14.4 Å². The summed E-state index contributed by atoms with van der Waals surface area (Å²) in [6.07, 6.45) is -4.46. The average molecular weight is 522 g/mol.